The van der Waals surface area contributed by atoms with Crippen LogP contribution < -0.4 is 15.9 Å². The van der Waals surface area contributed by atoms with Gasteiger partial charge in [-0.1, -0.05) is 6.42 Å². The molecule has 0 bridgehead atoms. The van der Waals surface area contributed by atoms with Crippen LogP contribution in [-0.2, 0) is 34.9 Å². The van der Waals surface area contributed by atoms with E-state index >= 15 is 0 Å². The first-order chi connectivity index (χ1) is 18.3. The van der Waals surface area contributed by atoms with Crippen LogP contribution in [0.2, 0.25) is 0 Å². The molecule has 0 aromatic carbocycles. The number of carbonyl (C=O) groups is 2. The quantitative estimate of drug-likeness (QED) is 0.239. The highest BCUT2D eigenvalue weighted by atomic mass is 31.2. The van der Waals surface area contributed by atoms with Crippen LogP contribution >= 0.6 is 7.44 Å². The maximum absolute atomic E-state index is 14.2. The number of hydrogen-bond donors (Lipinski definition) is 3. The summed E-state index contributed by atoms with van der Waals surface area (Å²) in [5.74, 6) is -0.802. The summed E-state index contributed by atoms with van der Waals surface area (Å²) in [5.41, 5.74) is 5.57. The largest absolute Gasteiger partial charge is 0.462 e. The average Bonchev–Trinajstić information content (AvgIpc) is 3.26. The lowest BCUT2D eigenvalue weighted by Gasteiger charge is -2.33. The van der Waals surface area contributed by atoms with Crippen molar-refractivity contribution in [3.63, 3.8) is 0 Å². The molecule has 13 nitrogen and oxygen atoms in total. The Morgan fingerprint density at radius 1 is 1.15 bits per heavy atom. The molecule has 0 saturated heterocycles. The van der Waals surface area contributed by atoms with Gasteiger partial charge in [-0.05, 0) is 67.2 Å². The lowest BCUT2D eigenvalue weighted by molar-refractivity contribution is -0.153. The van der Waals surface area contributed by atoms with Crippen molar-refractivity contribution in [1.29, 1.82) is 0 Å². The molecule has 3 rings (SSSR count). The van der Waals surface area contributed by atoms with Crippen molar-refractivity contribution in [3.05, 3.63) is 12.7 Å². The monoisotopic (exact) mass is 567 g/mol. The Labute approximate surface area is 229 Å². The number of nitrogens with two attached hydrogens (primary N) is 1. The normalized spacial score (nSPS) is 18.0. The Morgan fingerprint density at radius 3 is 2.51 bits per heavy atom. The fourth-order valence-corrected chi connectivity index (χ4v) is 6.76. The third kappa shape index (κ3) is 8.69. The molecule has 0 unspecified atom stereocenters. The number of nitrogens with zero attached hydrogens (tertiary/aromatic N) is 4. The molecule has 0 radical (unpaired) electrons. The first kappa shape index (κ1) is 30.9. The number of aromatic nitrogens is 4. The number of carbonyl (C=O) groups excluding carboxylic acids is 2. The van der Waals surface area contributed by atoms with Gasteiger partial charge in [0, 0.05) is 0 Å². The van der Waals surface area contributed by atoms with Gasteiger partial charge in [-0.3, -0.25) is 14.2 Å². The van der Waals surface area contributed by atoms with E-state index in [9.17, 15) is 14.2 Å². The first-order valence-corrected chi connectivity index (χ1v) is 15.3. The number of nitrogens with one attached hydrogen (secondary N) is 2. The van der Waals surface area contributed by atoms with Crippen molar-refractivity contribution >= 4 is 36.4 Å². The van der Waals surface area contributed by atoms with Crippen molar-refractivity contribution in [1.82, 2.24) is 29.7 Å². The van der Waals surface area contributed by atoms with Gasteiger partial charge in [-0.2, -0.15) is 0 Å². The van der Waals surface area contributed by atoms with Crippen LogP contribution in [0.3, 0.4) is 0 Å². The van der Waals surface area contributed by atoms with E-state index < -0.39 is 37.1 Å². The van der Waals surface area contributed by atoms with Crippen LogP contribution in [0.25, 0.3) is 11.2 Å². The predicted octanol–water partition coefficient (Wildman–Crippen LogP) is 3.14. The maximum atomic E-state index is 14.2. The molecule has 1 fully saturated rings. The van der Waals surface area contributed by atoms with Crippen LogP contribution in [0.1, 0.15) is 73.6 Å². The van der Waals surface area contributed by atoms with E-state index in [1.807, 2.05) is 0 Å². The van der Waals surface area contributed by atoms with Crippen molar-refractivity contribution in [2.75, 3.05) is 12.1 Å². The Hall–Kier alpha value is -2.60. The molecule has 1 aliphatic carbocycles. The number of anilines is 1. The number of nitrogen functional groups attached to an aromatic ring is 1. The first-order valence-electron chi connectivity index (χ1n) is 13.4. The summed E-state index contributed by atoms with van der Waals surface area (Å²) in [4.78, 5) is 38.0. The fraction of sp³-hybridized carbons (Fsp3) is 0.720. The molecule has 1 aliphatic rings. The molecular formula is C25H42N7O6P. The Balaban J connectivity index is 1.71. The Bertz CT molecular complexity index is 1180. The van der Waals surface area contributed by atoms with Crippen molar-refractivity contribution in [3.8, 4) is 0 Å². The van der Waals surface area contributed by atoms with Gasteiger partial charge in [0.2, 0.25) is 7.44 Å². The van der Waals surface area contributed by atoms with Gasteiger partial charge < -0.3 is 24.5 Å². The SMILES string of the molecule is CC(C)OC(=O)C(C)(C)N[P@@](=O)(CO[C@H](C)Cn1cnc2c(N)ncnc21)N[C@H](C)C(=O)OC1CCCCC1. The molecule has 2 aromatic rings. The van der Waals surface area contributed by atoms with Crippen LogP contribution in [0.4, 0.5) is 5.82 Å². The topological polar surface area (TPSA) is 173 Å². The van der Waals surface area contributed by atoms with Crippen LogP contribution in [0.15, 0.2) is 12.7 Å². The molecule has 0 spiro atoms. The van der Waals surface area contributed by atoms with E-state index in [1.54, 1.807) is 52.4 Å². The molecule has 218 valence electrons. The lowest BCUT2D eigenvalue weighted by Crippen LogP contribution is -2.51. The van der Waals surface area contributed by atoms with Crippen molar-refractivity contribution in [2.45, 2.75) is 110 Å². The number of imidazole rings is 1. The summed E-state index contributed by atoms with van der Waals surface area (Å²) in [5, 5.41) is 5.78. The molecular weight excluding hydrogens is 525 g/mol. The van der Waals surface area contributed by atoms with Gasteiger partial charge in [0.15, 0.2) is 11.5 Å². The fourth-order valence-electron chi connectivity index (χ4n) is 4.37. The standard InChI is InChI=1S/C25H42N7O6P/c1-16(2)37-24(34)25(5,6)31-39(35,30-18(4)23(33)38-19-10-8-7-9-11-19)15-36-17(3)12-32-14-29-20-21(26)27-13-28-22(20)32/h13-14,16-19H,7-12,15H2,1-6H3,(H2,26,27,28)(H2,30,31,35)/t17-,18-,39-/m1/s1. The molecule has 2 aromatic heterocycles. The van der Waals surface area contributed by atoms with Crippen molar-refractivity contribution in [2.24, 2.45) is 0 Å². The van der Waals surface area contributed by atoms with Crippen molar-refractivity contribution < 1.29 is 28.4 Å². The summed E-state index contributed by atoms with van der Waals surface area (Å²) in [7, 11) is -3.70. The zero-order valence-electron chi connectivity index (χ0n) is 23.7. The average molecular weight is 568 g/mol. The second-order valence-corrected chi connectivity index (χ2v) is 13.1. The molecule has 3 atom stereocenters. The van der Waals surface area contributed by atoms with Gasteiger partial charge in [-0.15, -0.1) is 0 Å². The van der Waals surface area contributed by atoms with Gasteiger partial charge in [0.1, 0.15) is 35.9 Å². The minimum Gasteiger partial charge on any atom is -0.462 e. The molecule has 1 saturated carbocycles. The van der Waals surface area contributed by atoms with Gasteiger partial charge in [0.25, 0.3) is 0 Å². The maximum Gasteiger partial charge on any atom is 0.326 e. The van der Waals surface area contributed by atoms with Crippen LogP contribution in [0, 0.1) is 0 Å². The van der Waals surface area contributed by atoms with Crippen LogP contribution in [0.5, 0.6) is 0 Å². The minimum atomic E-state index is -3.70. The molecule has 39 heavy (non-hydrogen) atoms. The predicted molar refractivity (Wildman–Crippen MR) is 147 cm³/mol. The van der Waals surface area contributed by atoms with E-state index in [0.29, 0.717) is 17.7 Å². The van der Waals surface area contributed by atoms with E-state index in [2.05, 4.69) is 25.1 Å². The van der Waals surface area contributed by atoms with Gasteiger partial charge in [-0.25, -0.2) is 25.1 Å². The number of esters is 2. The molecule has 0 aliphatic heterocycles. The zero-order chi connectivity index (χ0) is 28.8. The lowest BCUT2D eigenvalue weighted by atomic mass is 9.98. The third-order valence-corrected chi connectivity index (χ3v) is 8.57. The number of rotatable bonds is 13. The van der Waals surface area contributed by atoms with Crippen LogP contribution in [-0.4, -0.2) is 67.7 Å². The Morgan fingerprint density at radius 2 is 1.85 bits per heavy atom. The summed E-state index contributed by atoms with van der Waals surface area (Å²) in [6.07, 6.45) is 6.51. The summed E-state index contributed by atoms with van der Waals surface area (Å²) in [6, 6.07) is -0.904. The Kier molecular flexibility index (Phi) is 10.4. The third-order valence-electron chi connectivity index (χ3n) is 6.33. The van der Waals surface area contributed by atoms with Gasteiger partial charge >= 0.3 is 11.9 Å². The summed E-state index contributed by atoms with van der Waals surface area (Å²) >= 11 is 0. The number of ether oxygens (including phenoxy) is 3. The smallest absolute Gasteiger partial charge is 0.326 e. The second kappa shape index (κ2) is 13.2. The number of hydrogen-bond acceptors (Lipinski definition) is 10. The molecule has 0 amide bonds. The summed E-state index contributed by atoms with van der Waals surface area (Å²) < 4.78 is 32.9. The minimum absolute atomic E-state index is 0.139. The van der Waals surface area contributed by atoms with E-state index in [1.165, 1.54) is 6.33 Å². The zero-order valence-corrected chi connectivity index (χ0v) is 24.6. The highest BCUT2D eigenvalue weighted by Crippen LogP contribution is 2.40. The number of fused-ring (bicyclic) bond motifs is 1. The highest BCUT2D eigenvalue weighted by molar-refractivity contribution is 7.59. The molecule has 2 heterocycles. The highest BCUT2D eigenvalue weighted by Gasteiger charge is 2.40. The molecule has 4 N–H and O–H groups in total. The van der Waals surface area contributed by atoms with E-state index in [4.69, 9.17) is 19.9 Å². The molecule has 14 heteroatoms. The van der Waals surface area contributed by atoms with Gasteiger partial charge in [0.05, 0.1) is 25.1 Å². The van der Waals surface area contributed by atoms with E-state index in [0.717, 1.165) is 32.1 Å². The second-order valence-electron chi connectivity index (χ2n) is 10.9. The summed E-state index contributed by atoms with van der Waals surface area (Å²) in [6.45, 7) is 10.3. The van der Waals surface area contributed by atoms with E-state index in [-0.39, 0.29) is 24.4 Å².